The maximum absolute atomic E-state index is 11.0. The zero-order valence-corrected chi connectivity index (χ0v) is 13.6. The van der Waals surface area contributed by atoms with Gasteiger partial charge in [-0.05, 0) is 23.7 Å². The molecule has 0 aromatic carbocycles. The summed E-state index contributed by atoms with van der Waals surface area (Å²) in [6, 6.07) is 2.92. The fourth-order valence-corrected chi connectivity index (χ4v) is 2.72. The second-order valence-electron chi connectivity index (χ2n) is 5.87. The predicted molar refractivity (Wildman–Crippen MR) is 82.0 cm³/mol. The summed E-state index contributed by atoms with van der Waals surface area (Å²) < 4.78 is 7.51. The zero-order chi connectivity index (χ0) is 14.8. The summed E-state index contributed by atoms with van der Waals surface area (Å²) >= 11 is 5.82. The van der Waals surface area contributed by atoms with Crippen LogP contribution in [0.3, 0.4) is 0 Å². The van der Waals surface area contributed by atoms with E-state index < -0.39 is 8.07 Å². The molecule has 20 heavy (non-hydrogen) atoms. The van der Waals surface area contributed by atoms with Gasteiger partial charge in [0.25, 0.3) is 0 Å². The average Bonchev–Trinajstić information content (AvgIpc) is 2.75. The van der Waals surface area contributed by atoms with Crippen LogP contribution in [0.25, 0.3) is 11.0 Å². The smallest absolute Gasteiger partial charge is 0.225 e. The van der Waals surface area contributed by atoms with Gasteiger partial charge in [-0.2, -0.15) is 4.98 Å². The molecular weight excluding hydrogens is 294 g/mol. The van der Waals surface area contributed by atoms with E-state index in [1.807, 2.05) is 10.8 Å². The summed E-state index contributed by atoms with van der Waals surface area (Å²) in [5.41, 5.74) is 0.931. The Morgan fingerprint density at radius 2 is 2.15 bits per heavy atom. The minimum atomic E-state index is -1.08. The van der Waals surface area contributed by atoms with E-state index in [1.165, 1.54) is 0 Å². The van der Waals surface area contributed by atoms with Gasteiger partial charge in [0.1, 0.15) is 18.1 Å². The minimum Gasteiger partial charge on any atom is -0.361 e. The molecule has 0 aliphatic heterocycles. The van der Waals surface area contributed by atoms with Crippen LogP contribution in [-0.2, 0) is 11.5 Å². The molecule has 0 saturated carbocycles. The van der Waals surface area contributed by atoms with Crippen LogP contribution in [0, 0.1) is 0 Å². The van der Waals surface area contributed by atoms with Crippen molar-refractivity contribution in [3.63, 3.8) is 0 Å². The lowest BCUT2D eigenvalue weighted by molar-refractivity contribution is 0.0898. The molecule has 2 rings (SSSR count). The summed E-state index contributed by atoms with van der Waals surface area (Å²) in [5, 5.41) is 0.764. The molecule has 0 N–H and O–H groups in total. The molecule has 0 saturated heterocycles. The lowest BCUT2D eigenvalue weighted by Gasteiger charge is -2.15. The van der Waals surface area contributed by atoms with Crippen molar-refractivity contribution in [2.24, 2.45) is 0 Å². The number of carbonyl (C=O) groups is 1. The fourth-order valence-electron chi connectivity index (χ4n) is 1.80. The molecule has 0 fully saturated rings. The van der Waals surface area contributed by atoms with Crippen LogP contribution in [0.5, 0.6) is 0 Å². The van der Waals surface area contributed by atoms with E-state index in [0.717, 1.165) is 12.7 Å². The van der Waals surface area contributed by atoms with Gasteiger partial charge in [0.2, 0.25) is 5.28 Å². The third-order valence-electron chi connectivity index (χ3n) is 2.96. The summed E-state index contributed by atoms with van der Waals surface area (Å²) in [4.78, 5) is 19.0. The third-order valence-corrected chi connectivity index (χ3v) is 4.83. The monoisotopic (exact) mass is 311 g/mol. The number of fused-ring (bicyclic) bond motifs is 1. The number of hydrogen-bond acceptors (Lipinski definition) is 4. The van der Waals surface area contributed by atoms with Crippen molar-refractivity contribution in [3.05, 3.63) is 23.2 Å². The fraction of sp³-hybridized carbons (Fsp3) is 0.462. The molecule has 108 valence electrons. The largest absolute Gasteiger partial charge is 0.361 e. The van der Waals surface area contributed by atoms with Crippen molar-refractivity contribution in [2.45, 2.75) is 32.4 Å². The molecule has 0 bridgehead atoms. The van der Waals surface area contributed by atoms with Crippen LogP contribution in [0.4, 0.5) is 0 Å². The van der Waals surface area contributed by atoms with Crippen LogP contribution in [-0.4, -0.2) is 35.5 Å². The summed E-state index contributed by atoms with van der Waals surface area (Å²) in [6.07, 6.45) is 2.52. The number of nitrogens with zero attached hydrogens (tertiary/aromatic N) is 3. The molecule has 2 aromatic rings. The van der Waals surface area contributed by atoms with Crippen molar-refractivity contribution in [2.75, 3.05) is 6.61 Å². The van der Waals surface area contributed by atoms with Crippen molar-refractivity contribution < 1.29 is 9.53 Å². The van der Waals surface area contributed by atoms with Gasteiger partial charge in [0.15, 0.2) is 6.29 Å². The van der Waals surface area contributed by atoms with Crippen molar-refractivity contribution in [1.82, 2.24) is 14.5 Å². The topological polar surface area (TPSA) is 57.0 Å². The maximum Gasteiger partial charge on any atom is 0.225 e. The van der Waals surface area contributed by atoms with Crippen molar-refractivity contribution in [1.29, 1.82) is 0 Å². The number of aldehydes is 1. The second-order valence-corrected chi connectivity index (χ2v) is 11.8. The minimum absolute atomic E-state index is 0.0710. The standard InChI is InChI=1S/C13H18ClN3O2Si/c1-20(2,3)7-6-19-9-17-5-4-10-11(8-18)15-13(14)16-12(10)17/h4-5,8H,6-7,9H2,1-3H3. The lowest BCUT2D eigenvalue weighted by Crippen LogP contribution is -2.22. The number of rotatable bonds is 6. The average molecular weight is 312 g/mol. The van der Waals surface area contributed by atoms with Crippen LogP contribution in [0.15, 0.2) is 12.3 Å². The summed E-state index contributed by atoms with van der Waals surface area (Å²) in [5.74, 6) is 0. The van der Waals surface area contributed by atoms with Gasteiger partial charge in [-0.1, -0.05) is 19.6 Å². The van der Waals surface area contributed by atoms with Crippen molar-refractivity contribution >= 4 is 37.0 Å². The Balaban J connectivity index is 2.11. The highest BCUT2D eigenvalue weighted by molar-refractivity contribution is 6.76. The van der Waals surface area contributed by atoms with Gasteiger partial charge in [-0.15, -0.1) is 0 Å². The molecular formula is C13H18ClN3O2Si. The Kier molecular flexibility index (Phi) is 4.57. The van der Waals surface area contributed by atoms with Gasteiger partial charge < -0.3 is 9.30 Å². The molecule has 0 atom stereocenters. The molecule has 5 nitrogen and oxygen atoms in total. The molecule has 0 radical (unpaired) electrons. The van der Waals surface area contributed by atoms with E-state index in [0.29, 0.717) is 29.7 Å². The van der Waals surface area contributed by atoms with Gasteiger partial charge >= 0.3 is 0 Å². The molecule has 2 heterocycles. The second kappa shape index (κ2) is 6.03. The van der Waals surface area contributed by atoms with E-state index in [2.05, 4.69) is 29.6 Å². The first-order chi connectivity index (χ1) is 9.40. The quantitative estimate of drug-likeness (QED) is 0.356. The van der Waals surface area contributed by atoms with Crippen LogP contribution < -0.4 is 0 Å². The molecule has 2 aromatic heterocycles. The summed E-state index contributed by atoms with van der Waals surface area (Å²) in [7, 11) is -1.08. The molecule has 0 aliphatic carbocycles. The normalized spacial score (nSPS) is 12.0. The highest BCUT2D eigenvalue weighted by Crippen LogP contribution is 2.18. The highest BCUT2D eigenvalue weighted by Gasteiger charge is 2.13. The number of aromatic nitrogens is 3. The zero-order valence-electron chi connectivity index (χ0n) is 11.9. The first-order valence-corrected chi connectivity index (χ1v) is 10.5. The molecule has 0 unspecified atom stereocenters. The molecule has 0 amide bonds. The number of hydrogen-bond donors (Lipinski definition) is 0. The Morgan fingerprint density at radius 3 is 2.80 bits per heavy atom. The number of carbonyl (C=O) groups excluding carboxylic acids is 1. The van der Waals surface area contributed by atoms with Gasteiger partial charge in [0.05, 0.1) is 0 Å². The van der Waals surface area contributed by atoms with E-state index in [9.17, 15) is 4.79 Å². The van der Waals surface area contributed by atoms with E-state index in [4.69, 9.17) is 16.3 Å². The highest BCUT2D eigenvalue weighted by atomic mass is 35.5. The molecule has 7 heteroatoms. The predicted octanol–water partition coefficient (Wildman–Crippen LogP) is 3.21. The Morgan fingerprint density at radius 1 is 1.40 bits per heavy atom. The number of halogens is 1. The van der Waals surface area contributed by atoms with Crippen LogP contribution >= 0.6 is 11.6 Å². The van der Waals surface area contributed by atoms with E-state index in [-0.39, 0.29) is 5.28 Å². The SMILES string of the molecule is C[Si](C)(C)CCOCn1ccc2c(C=O)nc(Cl)nc21. The maximum atomic E-state index is 11.0. The van der Waals surface area contributed by atoms with Crippen LogP contribution in [0.2, 0.25) is 31.0 Å². The Labute approximate surface area is 123 Å². The molecule has 0 spiro atoms. The van der Waals surface area contributed by atoms with Crippen molar-refractivity contribution in [3.8, 4) is 0 Å². The van der Waals surface area contributed by atoms with Crippen LogP contribution in [0.1, 0.15) is 10.5 Å². The first kappa shape index (κ1) is 15.2. The summed E-state index contributed by atoms with van der Waals surface area (Å²) in [6.45, 7) is 8.06. The van der Waals surface area contributed by atoms with E-state index in [1.54, 1.807) is 6.07 Å². The Bertz CT molecular complexity index is 622. The first-order valence-electron chi connectivity index (χ1n) is 6.46. The molecule has 0 aliphatic rings. The number of ether oxygens (including phenoxy) is 1. The van der Waals surface area contributed by atoms with E-state index >= 15 is 0 Å². The third kappa shape index (κ3) is 3.65. The van der Waals surface area contributed by atoms with Gasteiger partial charge in [-0.25, -0.2) is 4.98 Å². The van der Waals surface area contributed by atoms with Gasteiger partial charge in [0, 0.05) is 26.3 Å². The Hall–Kier alpha value is -1.24. The lowest BCUT2D eigenvalue weighted by atomic mass is 10.3. The van der Waals surface area contributed by atoms with Gasteiger partial charge in [-0.3, -0.25) is 4.79 Å².